The topological polar surface area (TPSA) is 32.3 Å². The average Bonchev–Trinajstić information content (AvgIpc) is 3.59. The van der Waals surface area contributed by atoms with Crippen LogP contribution in [0.3, 0.4) is 0 Å². The third-order valence-electron chi connectivity index (χ3n) is 8.19. The number of hydrogen-bond acceptors (Lipinski definition) is 2. The second-order valence-electron chi connectivity index (χ2n) is 9.81. The summed E-state index contributed by atoms with van der Waals surface area (Å²) < 4.78 is 0. The van der Waals surface area contributed by atoms with E-state index in [-0.39, 0.29) is 23.1 Å². The summed E-state index contributed by atoms with van der Waals surface area (Å²) in [5.41, 5.74) is 6.08. The van der Waals surface area contributed by atoms with Crippen molar-refractivity contribution in [2.24, 2.45) is 11.8 Å². The van der Waals surface area contributed by atoms with Crippen LogP contribution in [0.2, 0.25) is 0 Å². The fourth-order valence-corrected chi connectivity index (χ4v) is 6.77. The van der Waals surface area contributed by atoms with E-state index in [1.54, 1.807) is 5.56 Å². The van der Waals surface area contributed by atoms with Gasteiger partial charge in [0, 0.05) is 17.6 Å². The molecule has 2 aromatic carbocycles. The second-order valence-corrected chi connectivity index (χ2v) is 9.81. The molecule has 2 bridgehead atoms. The first kappa shape index (κ1) is 16.3. The highest BCUT2D eigenvalue weighted by Gasteiger charge is 2.64. The lowest BCUT2D eigenvalue weighted by Gasteiger charge is -2.40. The molecule has 140 valence electrons. The van der Waals surface area contributed by atoms with Gasteiger partial charge in [-0.15, -0.1) is 0 Å². The van der Waals surface area contributed by atoms with Gasteiger partial charge in [0.1, 0.15) is 0 Å². The molecular weight excluding hydrogens is 330 g/mol. The minimum Gasteiger partial charge on any atom is -0.396 e. The van der Waals surface area contributed by atoms with Crippen LogP contribution in [0.15, 0.2) is 48.5 Å². The lowest BCUT2D eigenvalue weighted by atomic mass is 9.75. The summed E-state index contributed by atoms with van der Waals surface area (Å²) in [5, 5.41) is 14.1. The smallest absolute Gasteiger partial charge is 0.0675 e. The van der Waals surface area contributed by atoms with Crippen LogP contribution in [-0.4, -0.2) is 11.7 Å². The third-order valence-corrected chi connectivity index (χ3v) is 8.19. The highest BCUT2D eigenvalue weighted by molar-refractivity contribution is 5.57. The van der Waals surface area contributed by atoms with E-state index in [2.05, 4.69) is 60.8 Å². The maximum atomic E-state index is 9.89. The predicted octanol–water partition coefficient (Wildman–Crippen LogP) is 4.59. The van der Waals surface area contributed by atoms with Crippen molar-refractivity contribution in [1.29, 1.82) is 0 Å². The Morgan fingerprint density at radius 2 is 1.56 bits per heavy atom. The molecular formula is C25H29NO. The third kappa shape index (κ3) is 2.09. The fourth-order valence-electron chi connectivity index (χ4n) is 6.77. The first-order valence-corrected chi connectivity index (χ1v) is 10.7. The van der Waals surface area contributed by atoms with E-state index < -0.39 is 0 Å². The van der Waals surface area contributed by atoms with E-state index >= 15 is 0 Å². The van der Waals surface area contributed by atoms with Gasteiger partial charge in [-0.25, -0.2) is 0 Å². The standard InChI is InChI=1S/C25H29NO/c1-23-19-6-2-4-8-21(19)24(12-13-27)15-18(24)16-25(26-23,14-17-10-11-17)22-9-5-3-7-20(22)23/h2-9,17-18,26-27H,10-16H2,1H3/t18-,23-,24-,25?/m1/s1. The van der Waals surface area contributed by atoms with Crippen LogP contribution < -0.4 is 5.32 Å². The summed E-state index contributed by atoms with van der Waals surface area (Å²) in [6.07, 6.45) is 7.41. The number of aliphatic hydroxyl groups excluding tert-OH is 1. The maximum absolute atomic E-state index is 9.89. The number of fused-ring (bicyclic) bond motifs is 9. The molecule has 0 aromatic heterocycles. The fraction of sp³-hybridized carbons (Fsp3) is 0.520. The Labute approximate surface area is 162 Å². The Hall–Kier alpha value is -1.64. The first-order valence-electron chi connectivity index (χ1n) is 10.7. The molecule has 6 rings (SSSR count). The van der Waals surface area contributed by atoms with Crippen LogP contribution in [0.5, 0.6) is 0 Å². The monoisotopic (exact) mass is 359 g/mol. The van der Waals surface area contributed by atoms with Gasteiger partial charge in [0.2, 0.25) is 0 Å². The van der Waals surface area contributed by atoms with Crippen LogP contribution in [0, 0.1) is 11.8 Å². The van der Waals surface area contributed by atoms with Crippen molar-refractivity contribution in [2.45, 2.75) is 61.9 Å². The van der Waals surface area contributed by atoms with E-state index in [1.165, 1.54) is 48.8 Å². The van der Waals surface area contributed by atoms with E-state index in [0.29, 0.717) is 5.92 Å². The van der Waals surface area contributed by atoms with E-state index in [4.69, 9.17) is 0 Å². The van der Waals surface area contributed by atoms with E-state index in [9.17, 15) is 5.11 Å². The highest BCUT2D eigenvalue weighted by Crippen LogP contribution is 2.67. The van der Waals surface area contributed by atoms with E-state index in [1.807, 2.05) is 0 Å². The molecule has 0 radical (unpaired) electrons. The quantitative estimate of drug-likeness (QED) is 0.837. The van der Waals surface area contributed by atoms with Crippen LogP contribution in [0.1, 0.15) is 67.7 Å². The number of hydrogen-bond donors (Lipinski definition) is 2. The van der Waals surface area contributed by atoms with Gasteiger partial charge in [-0.1, -0.05) is 61.4 Å². The molecule has 2 nitrogen and oxygen atoms in total. The van der Waals surface area contributed by atoms with Crippen LogP contribution in [-0.2, 0) is 16.5 Å². The van der Waals surface area contributed by atoms with Crippen molar-refractivity contribution in [3.8, 4) is 0 Å². The summed E-state index contributed by atoms with van der Waals surface area (Å²) in [4.78, 5) is 0. The van der Waals surface area contributed by atoms with Gasteiger partial charge in [-0.2, -0.15) is 0 Å². The van der Waals surface area contributed by atoms with Crippen molar-refractivity contribution in [3.63, 3.8) is 0 Å². The van der Waals surface area contributed by atoms with Crippen LogP contribution in [0.4, 0.5) is 0 Å². The number of benzene rings is 2. The minimum absolute atomic E-state index is 0.0991. The highest BCUT2D eigenvalue weighted by atomic mass is 16.3. The molecule has 4 atom stereocenters. The van der Waals surface area contributed by atoms with Crippen molar-refractivity contribution < 1.29 is 5.11 Å². The zero-order chi connectivity index (χ0) is 18.3. The lowest BCUT2D eigenvalue weighted by Crippen LogP contribution is -2.49. The van der Waals surface area contributed by atoms with Crippen molar-refractivity contribution >= 4 is 0 Å². The Balaban J connectivity index is 1.61. The molecule has 0 spiro atoms. The molecule has 0 amide bonds. The van der Waals surface area contributed by atoms with Gasteiger partial charge in [-0.3, -0.25) is 5.32 Å². The molecule has 2 heteroatoms. The Morgan fingerprint density at radius 1 is 0.926 bits per heavy atom. The van der Waals surface area contributed by atoms with Gasteiger partial charge in [0.15, 0.2) is 0 Å². The zero-order valence-electron chi connectivity index (χ0n) is 16.2. The maximum Gasteiger partial charge on any atom is 0.0675 e. The van der Waals surface area contributed by atoms with Crippen LogP contribution in [0.25, 0.3) is 0 Å². The second kappa shape index (κ2) is 5.24. The van der Waals surface area contributed by atoms with Gasteiger partial charge in [0.05, 0.1) is 5.54 Å². The summed E-state index contributed by atoms with van der Waals surface area (Å²) in [6, 6.07) is 18.2. The van der Waals surface area contributed by atoms with Crippen molar-refractivity contribution in [1.82, 2.24) is 5.32 Å². The predicted molar refractivity (Wildman–Crippen MR) is 108 cm³/mol. The molecule has 2 saturated carbocycles. The first-order chi connectivity index (χ1) is 13.1. The lowest BCUT2D eigenvalue weighted by molar-refractivity contribution is 0.207. The normalized spacial score (nSPS) is 38.4. The van der Waals surface area contributed by atoms with Crippen LogP contribution >= 0.6 is 0 Å². The molecule has 4 aliphatic rings. The number of aliphatic hydroxyl groups is 1. The zero-order valence-corrected chi connectivity index (χ0v) is 16.2. The number of nitrogens with one attached hydrogen (secondary N) is 1. The van der Waals surface area contributed by atoms with Gasteiger partial charge in [0.25, 0.3) is 0 Å². The van der Waals surface area contributed by atoms with Crippen molar-refractivity contribution in [3.05, 3.63) is 70.8 Å². The van der Waals surface area contributed by atoms with E-state index in [0.717, 1.165) is 12.3 Å². The van der Waals surface area contributed by atoms with Crippen molar-refractivity contribution in [2.75, 3.05) is 6.61 Å². The minimum atomic E-state index is -0.141. The summed E-state index contributed by atoms with van der Waals surface area (Å²) >= 11 is 0. The van der Waals surface area contributed by atoms with Gasteiger partial charge < -0.3 is 5.11 Å². The molecule has 2 heterocycles. The SMILES string of the molecule is C[C@@]12NC(CC3CC3)(C[C@H]3C[C@@]3(CCO)c3ccccc31)c1ccccc12. The molecule has 0 saturated heterocycles. The molecule has 2 aliphatic carbocycles. The summed E-state index contributed by atoms with van der Waals surface area (Å²) in [5.74, 6) is 1.56. The largest absolute Gasteiger partial charge is 0.396 e. The number of rotatable bonds is 4. The summed E-state index contributed by atoms with van der Waals surface area (Å²) in [7, 11) is 0. The molecule has 27 heavy (non-hydrogen) atoms. The Kier molecular flexibility index (Phi) is 3.17. The average molecular weight is 360 g/mol. The van der Waals surface area contributed by atoms with Gasteiger partial charge in [-0.05, 0) is 66.7 Å². The Morgan fingerprint density at radius 3 is 2.22 bits per heavy atom. The molecule has 2 aliphatic heterocycles. The molecule has 1 unspecified atom stereocenters. The summed E-state index contributed by atoms with van der Waals surface area (Å²) in [6.45, 7) is 2.69. The van der Waals surface area contributed by atoms with Gasteiger partial charge >= 0.3 is 0 Å². The Bertz CT molecular complexity index is 918. The molecule has 2 fully saturated rings. The molecule has 2 N–H and O–H groups in total. The molecule has 2 aromatic rings.